The number of nitrogens with zero attached hydrogens (tertiary/aromatic N) is 2. The van der Waals surface area contributed by atoms with E-state index in [0.717, 1.165) is 13.0 Å². The van der Waals surface area contributed by atoms with Gasteiger partial charge in [-0.15, -0.1) is 0 Å². The molecule has 0 aliphatic carbocycles. The first-order valence-corrected chi connectivity index (χ1v) is 6.92. The molecule has 0 aliphatic rings. The highest BCUT2D eigenvalue weighted by Gasteiger charge is 2.11. The Kier molecular flexibility index (Phi) is 5.65. The number of rotatable bonds is 7. The summed E-state index contributed by atoms with van der Waals surface area (Å²) in [6.07, 6.45) is 5.99. The van der Waals surface area contributed by atoms with Crippen molar-refractivity contribution < 1.29 is 14.0 Å². The Balaban J connectivity index is 1.65. The minimum absolute atomic E-state index is 0.0737. The quantitative estimate of drug-likeness (QED) is 0.748. The Hall–Kier alpha value is -2.70. The fourth-order valence-corrected chi connectivity index (χ4v) is 1.87. The van der Waals surface area contributed by atoms with Gasteiger partial charge in [-0.3, -0.25) is 9.59 Å². The number of benzene rings is 1. The smallest absolute Gasteiger partial charge is 0.254 e. The fourth-order valence-electron chi connectivity index (χ4n) is 1.87. The molecule has 0 spiro atoms. The van der Waals surface area contributed by atoms with Crippen LogP contribution >= 0.6 is 0 Å². The molecule has 1 heterocycles. The van der Waals surface area contributed by atoms with Gasteiger partial charge in [0.1, 0.15) is 5.82 Å². The predicted molar refractivity (Wildman–Crippen MR) is 78.6 cm³/mol. The summed E-state index contributed by atoms with van der Waals surface area (Å²) in [5, 5.41) is 5.07. The number of aryl methyl sites for hydroxylation is 1. The Labute approximate surface area is 127 Å². The molecule has 1 aromatic carbocycles. The molecule has 7 heteroatoms. The van der Waals surface area contributed by atoms with Crippen LogP contribution in [0.5, 0.6) is 0 Å². The Morgan fingerprint density at radius 3 is 2.77 bits per heavy atom. The molecular formula is C15H17FN4O2. The summed E-state index contributed by atoms with van der Waals surface area (Å²) in [5.41, 5.74) is -0.0737. The van der Waals surface area contributed by atoms with Crippen LogP contribution in [0.4, 0.5) is 4.39 Å². The van der Waals surface area contributed by atoms with E-state index in [4.69, 9.17) is 0 Å². The second-order valence-corrected chi connectivity index (χ2v) is 4.67. The molecule has 2 rings (SSSR count). The van der Waals surface area contributed by atoms with Crippen molar-refractivity contribution >= 4 is 11.8 Å². The number of carbonyl (C=O) groups is 2. The van der Waals surface area contributed by atoms with Crippen LogP contribution in [0.15, 0.2) is 43.0 Å². The summed E-state index contributed by atoms with van der Waals surface area (Å²) in [6.45, 7) is 1.06. The monoisotopic (exact) mass is 304 g/mol. The highest BCUT2D eigenvalue weighted by Crippen LogP contribution is 2.05. The van der Waals surface area contributed by atoms with E-state index < -0.39 is 11.7 Å². The summed E-state index contributed by atoms with van der Waals surface area (Å²) in [4.78, 5) is 27.2. The highest BCUT2D eigenvalue weighted by atomic mass is 19.1. The molecular weight excluding hydrogens is 287 g/mol. The average molecular weight is 304 g/mol. The molecule has 2 amide bonds. The average Bonchev–Trinajstić information content (AvgIpc) is 3.03. The van der Waals surface area contributed by atoms with Gasteiger partial charge >= 0.3 is 0 Å². The number of carbonyl (C=O) groups excluding carboxylic acids is 2. The van der Waals surface area contributed by atoms with Crippen molar-refractivity contribution in [2.75, 3.05) is 13.1 Å². The van der Waals surface area contributed by atoms with E-state index in [1.54, 1.807) is 18.6 Å². The van der Waals surface area contributed by atoms with Gasteiger partial charge in [0, 0.05) is 25.5 Å². The van der Waals surface area contributed by atoms with E-state index in [1.165, 1.54) is 18.2 Å². The van der Waals surface area contributed by atoms with E-state index >= 15 is 0 Å². The van der Waals surface area contributed by atoms with Gasteiger partial charge in [-0.1, -0.05) is 12.1 Å². The number of halogens is 1. The molecule has 0 atom stereocenters. The van der Waals surface area contributed by atoms with Crippen molar-refractivity contribution in [1.29, 1.82) is 0 Å². The van der Waals surface area contributed by atoms with Gasteiger partial charge < -0.3 is 15.2 Å². The summed E-state index contributed by atoms with van der Waals surface area (Å²) in [5.74, 6) is -1.53. The van der Waals surface area contributed by atoms with Crippen LogP contribution in [0.2, 0.25) is 0 Å². The molecule has 22 heavy (non-hydrogen) atoms. The van der Waals surface area contributed by atoms with E-state index in [-0.39, 0.29) is 18.0 Å². The van der Waals surface area contributed by atoms with Crippen molar-refractivity contribution in [3.8, 4) is 0 Å². The van der Waals surface area contributed by atoms with E-state index in [1.807, 2.05) is 10.8 Å². The molecule has 0 unspecified atom stereocenters. The number of hydrogen-bond donors (Lipinski definition) is 2. The standard InChI is InChI=1S/C15H17FN4O2/c16-13-5-2-1-4-12(13)15(22)19-10-14(21)18-6-3-8-20-9-7-17-11-20/h1-2,4-5,7,9,11H,3,6,8,10H2,(H,18,21)(H,19,22). The minimum Gasteiger partial charge on any atom is -0.355 e. The molecule has 0 saturated heterocycles. The van der Waals surface area contributed by atoms with Crippen LogP contribution in [-0.4, -0.2) is 34.5 Å². The Morgan fingerprint density at radius 1 is 1.23 bits per heavy atom. The zero-order chi connectivity index (χ0) is 15.8. The molecule has 0 fully saturated rings. The van der Waals surface area contributed by atoms with Gasteiger partial charge in [-0.2, -0.15) is 0 Å². The summed E-state index contributed by atoms with van der Waals surface area (Å²) in [6, 6.07) is 5.63. The van der Waals surface area contributed by atoms with Crippen molar-refractivity contribution in [2.24, 2.45) is 0 Å². The summed E-state index contributed by atoms with van der Waals surface area (Å²) < 4.78 is 15.3. The highest BCUT2D eigenvalue weighted by molar-refractivity contribution is 5.96. The first-order valence-electron chi connectivity index (χ1n) is 6.92. The van der Waals surface area contributed by atoms with Crippen LogP contribution < -0.4 is 10.6 Å². The van der Waals surface area contributed by atoms with Gasteiger partial charge in [-0.25, -0.2) is 9.37 Å². The molecule has 2 aromatic rings. The largest absolute Gasteiger partial charge is 0.355 e. The van der Waals surface area contributed by atoms with Gasteiger partial charge in [0.2, 0.25) is 5.91 Å². The normalized spacial score (nSPS) is 10.2. The third-order valence-electron chi connectivity index (χ3n) is 3.00. The van der Waals surface area contributed by atoms with Crippen molar-refractivity contribution in [2.45, 2.75) is 13.0 Å². The molecule has 0 aliphatic heterocycles. The summed E-state index contributed by atoms with van der Waals surface area (Å²) in [7, 11) is 0. The van der Waals surface area contributed by atoms with Crippen LogP contribution in [0.1, 0.15) is 16.8 Å². The first kappa shape index (κ1) is 15.7. The van der Waals surface area contributed by atoms with Crippen LogP contribution in [0.25, 0.3) is 0 Å². The van der Waals surface area contributed by atoms with Gasteiger partial charge in [0.25, 0.3) is 5.91 Å². The maximum atomic E-state index is 13.4. The summed E-state index contributed by atoms with van der Waals surface area (Å²) >= 11 is 0. The lowest BCUT2D eigenvalue weighted by Crippen LogP contribution is -2.37. The van der Waals surface area contributed by atoms with Gasteiger partial charge in [0.05, 0.1) is 18.4 Å². The van der Waals surface area contributed by atoms with Crippen LogP contribution in [0, 0.1) is 5.82 Å². The van der Waals surface area contributed by atoms with Crippen molar-refractivity contribution in [1.82, 2.24) is 20.2 Å². The SMILES string of the molecule is O=C(CNC(=O)c1ccccc1F)NCCCn1ccnc1. The number of amides is 2. The molecule has 6 nitrogen and oxygen atoms in total. The maximum absolute atomic E-state index is 13.4. The molecule has 116 valence electrons. The Morgan fingerprint density at radius 2 is 2.05 bits per heavy atom. The lowest BCUT2D eigenvalue weighted by atomic mass is 10.2. The predicted octanol–water partition coefficient (Wildman–Crippen LogP) is 0.958. The second-order valence-electron chi connectivity index (χ2n) is 4.67. The molecule has 1 aromatic heterocycles. The zero-order valence-corrected chi connectivity index (χ0v) is 12.0. The lowest BCUT2D eigenvalue weighted by molar-refractivity contribution is -0.120. The third kappa shape index (κ3) is 4.69. The van der Waals surface area contributed by atoms with Crippen LogP contribution in [-0.2, 0) is 11.3 Å². The van der Waals surface area contributed by atoms with E-state index in [0.29, 0.717) is 6.54 Å². The lowest BCUT2D eigenvalue weighted by Gasteiger charge is -2.07. The minimum atomic E-state index is -0.610. The third-order valence-corrected chi connectivity index (χ3v) is 3.00. The second kappa shape index (κ2) is 7.92. The van der Waals surface area contributed by atoms with Crippen LogP contribution in [0.3, 0.4) is 0 Å². The fraction of sp³-hybridized carbons (Fsp3) is 0.267. The molecule has 0 bridgehead atoms. The van der Waals surface area contributed by atoms with Crippen molar-refractivity contribution in [3.05, 3.63) is 54.4 Å². The molecule has 0 radical (unpaired) electrons. The maximum Gasteiger partial charge on any atom is 0.254 e. The number of hydrogen-bond acceptors (Lipinski definition) is 3. The van der Waals surface area contributed by atoms with E-state index in [9.17, 15) is 14.0 Å². The molecule has 0 saturated carbocycles. The first-order chi connectivity index (χ1) is 10.7. The van der Waals surface area contributed by atoms with E-state index in [2.05, 4.69) is 15.6 Å². The Bertz CT molecular complexity index is 628. The topological polar surface area (TPSA) is 76.0 Å². The zero-order valence-electron chi connectivity index (χ0n) is 12.0. The van der Waals surface area contributed by atoms with Gasteiger partial charge in [0.15, 0.2) is 0 Å². The number of aromatic nitrogens is 2. The van der Waals surface area contributed by atoms with Gasteiger partial charge in [-0.05, 0) is 18.6 Å². The number of imidazole rings is 1. The number of nitrogens with one attached hydrogen (secondary N) is 2. The van der Waals surface area contributed by atoms with Crippen molar-refractivity contribution in [3.63, 3.8) is 0 Å². The molecule has 2 N–H and O–H groups in total.